The number of amides is 1. The van der Waals surface area contributed by atoms with Crippen LogP contribution in [0.5, 0.6) is 0 Å². The Bertz CT molecular complexity index is 866. The molecular formula is C16H11F3N4OS2. The number of benzene rings is 1. The minimum absolute atomic E-state index is 0.0378. The number of carbonyl (C=O) groups is 1. The van der Waals surface area contributed by atoms with Crippen molar-refractivity contribution in [1.82, 2.24) is 14.6 Å². The molecule has 5 nitrogen and oxygen atoms in total. The van der Waals surface area contributed by atoms with E-state index in [1.807, 2.05) is 17.5 Å². The SMILES string of the molecule is O=C(CSc1ccc(C(F)(F)F)cn1)Nc1ccc(-c2csnn2)cc1. The molecule has 3 aromatic rings. The molecule has 0 fully saturated rings. The first-order valence-corrected chi connectivity index (χ1v) is 9.07. The van der Waals surface area contributed by atoms with Crippen molar-refractivity contribution in [3.05, 3.63) is 53.5 Å². The van der Waals surface area contributed by atoms with Gasteiger partial charge in [-0.15, -0.1) is 5.10 Å². The first-order chi connectivity index (χ1) is 12.4. The van der Waals surface area contributed by atoms with Gasteiger partial charge in [0.2, 0.25) is 5.91 Å². The van der Waals surface area contributed by atoms with Crippen molar-refractivity contribution < 1.29 is 18.0 Å². The second-order valence-corrected chi connectivity index (χ2v) is 6.69. The van der Waals surface area contributed by atoms with Crippen LogP contribution in [-0.4, -0.2) is 26.2 Å². The highest BCUT2D eigenvalue weighted by molar-refractivity contribution is 7.99. The van der Waals surface area contributed by atoms with E-state index in [1.165, 1.54) is 17.6 Å². The molecule has 0 saturated carbocycles. The van der Waals surface area contributed by atoms with Crippen molar-refractivity contribution >= 4 is 34.9 Å². The van der Waals surface area contributed by atoms with Crippen molar-refractivity contribution in [3.63, 3.8) is 0 Å². The number of thioether (sulfide) groups is 1. The Labute approximate surface area is 154 Å². The number of nitrogens with zero attached hydrogens (tertiary/aromatic N) is 3. The van der Waals surface area contributed by atoms with Gasteiger partial charge in [0.25, 0.3) is 0 Å². The third-order valence-corrected chi connectivity index (χ3v) is 4.69. The maximum Gasteiger partial charge on any atom is 0.417 e. The van der Waals surface area contributed by atoms with Gasteiger partial charge in [0.15, 0.2) is 0 Å². The van der Waals surface area contributed by atoms with E-state index >= 15 is 0 Å². The Morgan fingerprint density at radius 2 is 1.92 bits per heavy atom. The van der Waals surface area contributed by atoms with Crippen LogP contribution in [0.1, 0.15) is 5.56 Å². The lowest BCUT2D eigenvalue weighted by Crippen LogP contribution is -2.14. The highest BCUT2D eigenvalue weighted by atomic mass is 32.2. The van der Waals surface area contributed by atoms with Crippen molar-refractivity contribution in [2.75, 3.05) is 11.1 Å². The molecule has 0 atom stereocenters. The van der Waals surface area contributed by atoms with E-state index in [4.69, 9.17) is 0 Å². The van der Waals surface area contributed by atoms with E-state index in [2.05, 4.69) is 19.9 Å². The number of carbonyl (C=O) groups excluding carboxylic acids is 1. The number of nitrogens with one attached hydrogen (secondary N) is 1. The van der Waals surface area contributed by atoms with Crippen LogP contribution in [-0.2, 0) is 11.0 Å². The van der Waals surface area contributed by atoms with Crippen molar-refractivity contribution in [3.8, 4) is 11.3 Å². The molecule has 0 unspecified atom stereocenters. The Balaban J connectivity index is 1.52. The van der Waals surface area contributed by atoms with E-state index in [0.29, 0.717) is 10.7 Å². The number of pyridine rings is 1. The average molecular weight is 396 g/mol. The smallest absolute Gasteiger partial charge is 0.325 e. The highest BCUT2D eigenvalue weighted by Gasteiger charge is 2.30. The third-order valence-electron chi connectivity index (χ3n) is 3.24. The minimum Gasteiger partial charge on any atom is -0.325 e. The molecule has 3 rings (SSSR count). The molecule has 0 spiro atoms. The molecule has 0 aliphatic heterocycles. The Kier molecular flexibility index (Phi) is 5.52. The zero-order valence-electron chi connectivity index (χ0n) is 13.0. The van der Waals surface area contributed by atoms with Crippen molar-refractivity contribution in [2.45, 2.75) is 11.2 Å². The summed E-state index contributed by atoms with van der Waals surface area (Å²) in [6.07, 6.45) is -3.67. The summed E-state index contributed by atoms with van der Waals surface area (Å²) in [5, 5.41) is 8.85. The summed E-state index contributed by atoms with van der Waals surface area (Å²) < 4.78 is 41.2. The third kappa shape index (κ3) is 4.79. The van der Waals surface area contributed by atoms with Crippen molar-refractivity contribution in [2.24, 2.45) is 0 Å². The largest absolute Gasteiger partial charge is 0.417 e. The molecule has 2 heterocycles. The van der Waals surface area contributed by atoms with E-state index in [0.717, 1.165) is 35.3 Å². The van der Waals surface area contributed by atoms with Crippen LogP contribution < -0.4 is 5.32 Å². The van der Waals surface area contributed by atoms with Crippen LogP contribution in [0.25, 0.3) is 11.3 Å². The zero-order chi connectivity index (χ0) is 18.6. The van der Waals surface area contributed by atoms with E-state index in [1.54, 1.807) is 12.1 Å². The second-order valence-electron chi connectivity index (χ2n) is 5.09. The van der Waals surface area contributed by atoms with Gasteiger partial charge < -0.3 is 5.32 Å². The molecule has 26 heavy (non-hydrogen) atoms. The lowest BCUT2D eigenvalue weighted by Gasteiger charge is -2.07. The summed E-state index contributed by atoms with van der Waals surface area (Å²) in [6.45, 7) is 0. The van der Waals surface area contributed by atoms with Crippen LogP contribution in [0, 0.1) is 0 Å². The standard InChI is InChI=1S/C16H11F3N4OS2/c17-16(18,19)11-3-6-15(20-7-11)25-9-14(24)21-12-4-1-10(2-5-12)13-8-26-23-22-13/h1-8H,9H2,(H,21,24). The molecule has 0 bridgehead atoms. The lowest BCUT2D eigenvalue weighted by atomic mass is 10.1. The molecule has 1 aromatic carbocycles. The molecule has 2 aromatic heterocycles. The summed E-state index contributed by atoms with van der Waals surface area (Å²) in [5.41, 5.74) is 1.45. The van der Waals surface area contributed by atoms with Crippen LogP contribution in [0.2, 0.25) is 0 Å². The first kappa shape index (κ1) is 18.3. The van der Waals surface area contributed by atoms with Crippen LogP contribution in [0.15, 0.2) is 53.0 Å². The number of hydrogen-bond acceptors (Lipinski definition) is 6. The quantitative estimate of drug-likeness (QED) is 0.650. The summed E-state index contributed by atoms with van der Waals surface area (Å²) in [7, 11) is 0. The number of anilines is 1. The Hall–Kier alpha value is -2.46. The molecule has 0 aliphatic carbocycles. The maximum absolute atomic E-state index is 12.5. The van der Waals surface area contributed by atoms with Gasteiger partial charge in [-0.05, 0) is 35.8 Å². The molecule has 10 heteroatoms. The summed E-state index contributed by atoms with van der Waals surface area (Å²) >= 11 is 2.31. The summed E-state index contributed by atoms with van der Waals surface area (Å²) in [4.78, 5) is 15.7. The van der Waals surface area contributed by atoms with Crippen molar-refractivity contribution in [1.29, 1.82) is 0 Å². The second kappa shape index (κ2) is 7.83. The van der Waals surface area contributed by atoms with E-state index < -0.39 is 11.7 Å². The number of aromatic nitrogens is 3. The number of alkyl halides is 3. The van der Waals surface area contributed by atoms with Gasteiger partial charge >= 0.3 is 6.18 Å². The Morgan fingerprint density at radius 3 is 2.50 bits per heavy atom. The first-order valence-electron chi connectivity index (χ1n) is 7.25. The summed E-state index contributed by atoms with van der Waals surface area (Å²) in [6, 6.07) is 9.31. The maximum atomic E-state index is 12.5. The van der Waals surface area contributed by atoms with Gasteiger partial charge in [0, 0.05) is 22.8 Å². The van der Waals surface area contributed by atoms with E-state index in [9.17, 15) is 18.0 Å². The number of rotatable bonds is 5. The Morgan fingerprint density at radius 1 is 1.15 bits per heavy atom. The minimum atomic E-state index is -4.42. The summed E-state index contributed by atoms with van der Waals surface area (Å²) in [5.74, 6) is -0.240. The normalized spacial score (nSPS) is 11.3. The molecular weight excluding hydrogens is 385 g/mol. The van der Waals surface area contributed by atoms with Crippen LogP contribution in [0.3, 0.4) is 0 Å². The fourth-order valence-corrected chi connectivity index (χ4v) is 3.09. The van der Waals surface area contributed by atoms with Crippen LogP contribution in [0.4, 0.5) is 18.9 Å². The van der Waals surface area contributed by atoms with Gasteiger partial charge in [0.05, 0.1) is 16.3 Å². The monoisotopic (exact) mass is 396 g/mol. The van der Waals surface area contributed by atoms with E-state index in [-0.39, 0.29) is 11.7 Å². The molecule has 0 aliphatic rings. The van der Waals surface area contributed by atoms with Crippen LogP contribution >= 0.6 is 23.3 Å². The lowest BCUT2D eigenvalue weighted by molar-refractivity contribution is -0.137. The van der Waals surface area contributed by atoms with Gasteiger partial charge in [-0.3, -0.25) is 4.79 Å². The number of halogens is 3. The average Bonchev–Trinajstić information content (AvgIpc) is 3.15. The molecule has 0 saturated heterocycles. The number of hydrogen-bond donors (Lipinski definition) is 1. The predicted molar refractivity (Wildman–Crippen MR) is 93.9 cm³/mol. The fourth-order valence-electron chi connectivity index (χ4n) is 1.98. The zero-order valence-corrected chi connectivity index (χ0v) is 14.7. The molecule has 0 radical (unpaired) electrons. The van der Waals surface area contributed by atoms with Gasteiger partial charge in [-0.2, -0.15) is 13.2 Å². The highest BCUT2D eigenvalue weighted by Crippen LogP contribution is 2.29. The topological polar surface area (TPSA) is 67.8 Å². The molecule has 1 amide bonds. The molecule has 1 N–H and O–H groups in total. The van der Waals surface area contributed by atoms with Gasteiger partial charge in [0.1, 0.15) is 5.69 Å². The van der Waals surface area contributed by atoms with Gasteiger partial charge in [-0.25, -0.2) is 4.98 Å². The molecule has 134 valence electrons. The predicted octanol–water partition coefficient (Wildman–Crippen LogP) is 4.35. The van der Waals surface area contributed by atoms with Gasteiger partial charge in [-0.1, -0.05) is 28.4 Å². The fraction of sp³-hybridized carbons (Fsp3) is 0.125.